The largest absolute Gasteiger partial charge is 0.465 e. The SMILES string of the molecule is CC(Cl)NC(=O)O.Cl. The van der Waals surface area contributed by atoms with E-state index in [0.717, 1.165) is 0 Å². The van der Waals surface area contributed by atoms with E-state index in [1.165, 1.54) is 6.92 Å². The first kappa shape index (κ1) is 10.8. The van der Waals surface area contributed by atoms with E-state index in [1.54, 1.807) is 0 Å². The lowest BCUT2D eigenvalue weighted by Gasteiger charge is -1.97. The second kappa shape index (κ2) is 5.00. The van der Waals surface area contributed by atoms with Gasteiger partial charge in [-0.3, -0.25) is 0 Å². The van der Waals surface area contributed by atoms with Gasteiger partial charge in [-0.2, -0.15) is 0 Å². The molecule has 0 aromatic heterocycles. The molecule has 0 rings (SSSR count). The fourth-order valence-corrected chi connectivity index (χ4v) is 0.263. The Kier molecular flexibility index (Phi) is 6.72. The first-order chi connectivity index (χ1) is 3.13. The van der Waals surface area contributed by atoms with Crippen molar-refractivity contribution in [3.63, 3.8) is 0 Å². The third-order valence-corrected chi connectivity index (χ3v) is 0.431. The summed E-state index contributed by atoms with van der Waals surface area (Å²) in [7, 11) is 0. The Hall–Kier alpha value is -0.150. The maximum atomic E-state index is 9.61. The van der Waals surface area contributed by atoms with Crippen LogP contribution in [0.1, 0.15) is 6.92 Å². The van der Waals surface area contributed by atoms with Crippen LogP contribution in [0.4, 0.5) is 4.79 Å². The van der Waals surface area contributed by atoms with Crippen molar-refractivity contribution in [2.75, 3.05) is 0 Å². The highest BCUT2D eigenvalue weighted by atomic mass is 35.5. The first-order valence-electron chi connectivity index (χ1n) is 1.76. The van der Waals surface area contributed by atoms with Gasteiger partial charge in [0.05, 0.1) is 0 Å². The highest BCUT2D eigenvalue weighted by Gasteiger charge is 1.96. The zero-order valence-electron chi connectivity index (χ0n) is 4.22. The molecule has 0 saturated heterocycles. The third kappa shape index (κ3) is 9.28. The molecule has 50 valence electrons. The van der Waals surface area contributed by atoms with Crippen molar-refractivity contribution in [3.05, 3.63) is 0 Å². The summed E-state index contributed by atoms with van der Waals surface area (Å²) < 4.78 is 0. The van der Waals surface area contributed by atoms with Gasteiger partial charge in [-0.1, -0.05) is 11.6 Å². The van der Waals surface area contributed by atoms with Gasteiger partial charge < -0.3 is 10.4 Å². The van der Waals surface area contributed by atoms with Gasteiger partial charge >= 0.3 is 6.09 Å². The van der Waals surface area contributed by atoms with E-state index in [-0.39, 0.29) is 12.4 Å². The monoisotopic (exact) mass is 159 g/mol. The van der Waals surface area contributed by atoms with E-state index in [2.05, 4.69) is 0 Å². The predicted molar refractivity (Wildman–Crippen MR) is 33.7 cm³/mol. The Morgan fingerprint density at radius 1 is 1.88 bits per heavy atom. The van der Waals surface area contributed by atoms with Crippen molar-refractivity contribution in [1.29, 1.82) is 0 Å². The van der Waals surface area contributed by atoms with Gasteiger partial charge in [0.2, 0.25) is 0 Å². The number of hydrogen-bond acceptors (Lipinski definition) is 1. The summed E-state index contributed by atoms with van der Waals surface area (Å²) in [4.78, 5) is 9.61. The molecule has 0 aromatic carbocycles. The molecule has 0 radical (unpaired) electrons. The minimum absolute atomic E-state index is 0. The molecule has 0 saturated carbocycles. The van der Waals surface area contributed by atoms with Gasteiger partial charge in [-0.05, 0) is 6.92 Å². The molecule has 3 nitrogen and oxygen atoms in total. The Labute approximate surface area is 58.4 Å². The van der Waals surface area contributed by atoms with Crippen molar-refractivity contribution >= 4 is 30.1 Å². The number of carboxylic acid groups (broad SMARTS) is 1. The van der Waals surface area contributed by atoms with Crippen molar-refractivity contribution in [1.82, 2.24) is 5.32 Å². The third-order valence-electron chi connectivity index (χ3n) is 0.322. The molecule has 0 spiro atoms. The second-order valence-electron chi connectivity index (χ2n) is 1.07. The number of nitrogens with one attached hydrogen (secondary N) is 1. The molecule has 0 heterocycles. The number of hydrogen-bond donors (Lipinski definition) is 2. The quantitative estimate of drug-likeness (QED) is 0.448. The number of rotatable bonds is 1. The molecule has 0 aliphatic heterocycles. The average molecular weight is 160 g/mol. The molecule has 8 heavy (non-hydrogen) atoms. The molecule has 1 unspecified atom stereocenters. The Bertz CT molecular complexity index is 75.7. The molecule has 2 N–H and O–H groups in total. The van der Waals surface area contributed by atoms with Crippen molar-refractivity contribution < 1.29 is 9.90 Å². The predicted octanol–water partition coefficient (Wildman–Crippen LogP) is 1.26. The van der Waals surface area contributed by atoms with Crippen LogP contribution in [0.25, 0.3) is 0 Å². The van der Waals surface area contributed by atoms with Gasteiger partial charge in [-0.15, -0.1) is 12.4 Å². The molecule has 0 aromatic rings. The summed E-state index contributed by atoms with van der Waals surface area (Å²) in [5.74, 6) is 0. The molecule has 0 bridgehead atoms. The van der Waals surface area contributed by atoms with Crippen molar-refractivity contribution in [3.8, 4) is 0 Å². The zero-order chi connectivity index (χ0) is 5.86. The standard InChI is InChI=1S/C3H6ClNO2.ClH/c1-2(4)5-3(6)7;/h2,5H,1H3,(H,6,7);1H. The van der Waals surface area contributed by atoms with E-state index in [4.69, 9.17) is 16.7 Å². The maximum Gasteiger partial charge on any atom is 0.405 e. The van der Waals surface area contributed by atoms with Gasteiger partial charge in [-0.25, -0.2) is 4.79 Å². The lowest BCUT2D eigenvalue weighted by molar-refractivity contribution is 0.194. The number of halogens is 2. The van der Waals surface area contributed by atoms with Crippen molar-refractivity contribution in [2.24, 2.45) is 0 Å². The molecule has 1 atom stereocenters. The zero-order valence-corrected chi connectivity index (χ0v) is 5.79. The summed E-state index contributed by atoms with van der Waals surface area (Å²) in [6.45, 7) is 1.54. The molecular formula is C3H7Cl2NO2. The summed E-state index contributed by atoms with van der Waals surface area (Å²) >= 11 is 5.18. The molecule has 1 amide bonds. The van der Waals surface area contributed by atoms with Crippen LogP contribution in [0.3, 0.4) is 0 Å². The van der Waals surface area contributed by atoms with E-state index in [9.17, 15) is 4.79 Å². The fourth-order valence-electron chi connectivity index (χ4n) is 0.170. The molecule has 0 fully saturated rings. The topological polar surface area (TPSA) is 49.3 Å². The minimum atomic E-state index is -1.09. The van der Waals surface area contributed by atoms with Gasteiger partial charge in [0.1, 0.15) is 5.50 Å². The number of amides is 1. The minimum Gasteiger partial charge on any atom is -0.465 e. The summed E-state index contributed by atoms with van der Waals surface area (Å²) in [5, 5.41) is 9.88. The van der Waals surface area contributed by atoms with Crippen LogP contribution < -0.4 is 5.32 Å². The number of alkyl halides is 1. The van der Waals surface area contributed by atoms with Gasteiger partial charge in [0.25, 0.3) is 0 Å². The van der Waals surface area contributed by atoms with Crippen LogP contribution in [0.15, 0.2) is 0 Å². The number of carbonyl (C=O) groups is 1. The van der Waals surface area contributed by atoms with Crippen molar-refractivity contribution in [2.45, 2.75) is 12.4 Å². The van der Waals surface area contributed by atoms with Crippen LogP contribution in [-0.2, 0) is 0 Å². The highest BCUT2D eigenvalue weighted by molar-refractivity contribution is 6.20. The summed E-state index contributed by atoms with van der Waals surface area (Å²) in [6.07, 6.45) is -1.09. The second-order valence-corrected chi connectivity index (χ2v) is 1.72. The Balaban J connectivity index is 0. The van der Waals surface area contributed by atoms with Crippen LogP contribution in [0.2, 0.25) is 0 Å². The van der Waals surface area contributed by atoms with Crippen LogP contribution in [0, 0.1) is 0 Å². The molecule has 5 heteroatoms. The maximum absolute atomic E-state index is 9.61. The van der Waals surface area contributed by atoms with Gasteiger partial charge in [0, 0.05) is 0 Å². The highest BCUT2D eigenvalue weighted by Crippen LogP contribution is 1.84. The van der Waals surface area contributed by atoms with Crippen LogP contribution in [0.5, 0.6) is 0 Å². The Morgan fingerprint density at radius 2 is 2.25 bits per heavy atom. The lowest BCUT2D eigenvalue weighted by Crippen LogP contribution is -2.26. The normalized spacial score (nSPS) is 11.2. The van der Waals surface area contributed by atoms with Crippen LogP contribution >= 0.6 is 24.0 Å². The summed E-state index contributed by atoms with van der Waals surface area (Å²) in [5.41, 5.74) is -0.502. The van der Waals surface area contributed by atoms with Gasteiger partial charge in [0.15, 0.2) is 0 Å². The fraction of sp³-hybridized carbons (Fsp3) is 0.667. The molecular weight excluding hydrogens is 153 g/mol. The van der Waals surface area contributed by atoms with E-state index in [1.807, 2.05) is 5.32 Å². The van der Waals surface area contributed by atoms with E-state index in [0.29, 0.717) is 0 Å². The molecule has 0 aliphatic rings. The summed E-state index contributed by atoms with van der Waals surface area (Å²) in [6, 6.07) is 0. The van der Waals surface area contributed by atoms with E-state index >= 15 is 0 Å². The molecule has 0 aliphatic carbocycles. The average Bonchev–Trinajstić information content (AvgIpc) is 1.27. The first-order valence-corrected chi connectivity index (χ1v) is 2.20. The Morgan fingerprint density at radius 3 is 2.25 bits per heavy atom. The lowest BCUT2D eigenvalue weighted by atomic mass is 10.7. The smallest absolute Gasteiger partial charge is 0.405 e. The van der Waals surface area contributed by atoms with E-state index < -0.39 is 11.6 Å². The van der Waals surface area contributed by atoms with Crippen LogP contribution in [-0.4, -0.2) is 16.7 Å².